The van der Waals surface area contributed by atoms with Crippen LogP contribution < -0.4 is 5.73 Å². The molecule has 7 heteroatoms. The Labute approximate surface area is 102 Å². The van der Waals surface area contributed by atoms with E-state index in [1.807, 2.05) is 6.07 Å². The Morgan fingerprint density at radius 1 is 1.53 bits per heavy atom. The molecule has 0 fully saturated rings. The summed E-state index contributed by atoms with van der Waals surface area (Å²) in [5.74, 6) is -0.513. The molecule has 0 aromatic carbocycles. The number of fused-ring (bicyclic) bond motifs is 1. The number of rotatable bonds is 3. The van der Waals surface area contributed by atoms with Crippen molar-refractivity contribution in [3.8, 4) is 0 Å². The first-order valence-electron chi connectivity index (χ1n) is 4.86. The van der Waals surface area contributed by atoms with Crippen molar-refractivity contribution in [3.63, 3.8) is 0 Å². The second-order valence-corrected chi connectivity index (χ2v) is 4.54. The molecule has 88 valence electrons. The average molecular weight is 249 g/mol. The second-order valence-electron chi connectivity index (χ2n) is 3.54. The van der Waals surface area contributed by atoms with E-state index in [9.17, 15) is 4.79 Å². The molecule has 2 aromatic heterocycles. The van der Waals surface area contributed by atoms with Crippen molar-refractivity contribution < 1.29 is 4.79 Å². The first kappa shape index (κ1) is 11.5. The zero-order valence-corrected chi connectivity index (χ0v) is 10.2. The Kier molecular flexibility index (Phi) is 3.01. The van der Waals surface area contributed by atoms with Crippen LogP contribution in [0.4, 0.5) is 5.69 Å². The van der Waals surface area contributed by atoms with Crippen LogP contribution in [0, 0.1) is 0 Å². The van der Waals surface area contributed by atoms with Crippen LogP contribution in [0.3, 0.4) is 0 Å². The number of carbonyl (C=O) groups is 1. The minimum Gasteiger partial charge on any atom is -0.365 e. The van der Waals surface area contributed by atoms with Crippen molar-refractivity contribution in [2.45, 2.75) is 0 Å². The van der Waals surface area contributed by atoms with E-state index >= 15 is 0 Å². The summed E-state index contributed by atoms with van der Waals surface area (Å²) in [7, 11) is 3.50. The molecule has 2 N–H and O–H groups in total. The van der Waals surface area contributed by atoms with Crippen LogP contribution in [0.1, 0.15) is 9.67 Å². The number of hydrogen-bond acceptors (Lipinski definition) is 5. The average Bonchev–Trinajstić information content (AvgIpc) is 2.65. The highest BCUT2D eigenvalue weighted by Crippen LogP contribution is 2.36. The zero-order valence-electron chi connectivity index (χ0n) is 9.41. The van der Waals surface area contributed by atoms with E-state index in [0.717, 1.165) is 10.2 Å². The number of nitrogens with two attached hydrogens (primary N) is 1. The van der Waals surface area contributed by atoms with Gasteiger partial charge in [0.2, 0.25) is 0 Å². The molecule has 6 nitrogen and oxygen atoms in total. The maximum absolute atomic E-state index is 11.3. The first-order valence-corrected chi connectivity index (χ1v) is 5.67. The van der Waals surface area contributed by atoms with Crippen LogP contribution >= 0.6 is 11.3 Å². The van der Waals surface area contributed by atoms with E-state index in [1.165, 1.54) is 11.3 Å². The fraction of sp³-hybridized carbons (Fsp3) is 0.200. The summed E-state index contributed by atoms with van der Waals surface area (Å²) >= 11 is 1.23. The number of amides is 1. The highest BCUT2D eigenvalue weighted by Gasteiger charge is 2.16. The normalized spacial score (nSPS) is 11.2. The van der Waals surface area contributed by atoms with Gasteiger partial charge in [0.25, 0.3) is 5.91 Å². The Morgan fingerprint density at radius 2 is 2.29 bits per heavy atom. The number of nitrogens with zero attached hydrogens (tertiary/aromatic N) is 4. The van der Waals surface area contributed by atoms with Gasteiger partial charge in [0.1, 0.15) is 15.4 Å². The molecular weight excluding hydrogens is 238 g/mol. The smallest absolute Gasteiger partial charge is 0.261 e. The van der Waals surface area contributed by atoms with Crippen LogP contribution in [0.25, 0.3) is 10.2 Å². The predicted molar refractivity (Wildman–Crippen MR) is 66.3 cm³/mol. The minimum atomic E-state index is -0.513. The van der Waals surface area contributed by atoms with Gasteiger partial charge in [-0.1, -0.05) is 5.22 Å². The van der Waals surface area contributed by atoms with E-state index in [0.29, 0.717) is 10.6 Å². The van der Waals surface area contributed by atoms with Crippen molar-refractivity contribution in [2.75, 3.05) is 14.1 Å². The number of hydrogen-bond donors (Lipinski definition) is 1. The van der Waals surface area contributed by atoms with Gasteiger partial charge in [-0.2, -0.15) is 0 Å². The molecule has 2 aromatic rings. The van der Waals surface area contributed by atoms with Crippen LogP contribution in [-0.4, -0.2) is 30.0 Å². The number of carbonyl (C=O) groups excluding carboxylic acids is 1. The van der Waals surface area contributed by atoms with Crippen LogP contribution in [0.15, 0.2) is 28.7 Å². The van der Waals surface area contributed by atoms with Gasteiger partial charge in [-0.25, -0.2) is 4.98 Å². The van der Waals surface area contributed by atoms with Gasteiger partial charge in [0.05, 0.1) is 0 Å². The zero-order chi connectivity index (χ0) is 12.4. The molecule has 0 radical (unpaired) electrons. The summed E-state index contributed by atoms with van der Waals surface area (Å²) in [4.78, 5) is 16.6. The van der Waals surface area contributed by atoms with Crippen molar-refractivity contribution in [2.24, 2.45) is 16.1 Å². The number of aromatic nitrogens is 1. The van der Waals surface area contributed by atoms with Gasteiger partial charge in [0, 0.05) is 25.7 Å². The molecule has 0 unspecified atom stereocenters. The van der Waals surface area contributed by atoms with E-state index in [-0.39, 0.29) is 0 Å². The SMILES string of the molecule is CN(C)N=Nc1c(C(N)=O)sc2ncccc12. The fourth-order valence-corrected chi connectivity index (χ4v) is 2.25. The molecule has 0 aliphatic heterocycles. The van der Waals surface area contributed by atoms with Gasteiger partial charge < -0.3 is 5.73 Å². The summed E-state index contributed by atoms with van der Waals surface area (Å²) in [5, 5.41) is 10.3. The molecule has 0 spiro atoms. The lowest BCUT2D eigenvalue weighted by molar-refractivity contribution is 0.100. The van der Waals surface area contributed by atoms with E-state index < -0.39 is 5.91 Å². The molecule has 0 atom stereocenters. The van der Waals surface area contributed by atoms with Gasteiger partial charge >= 0.3 is 0 Å². The molecule has 17 heavy (non-hydrogen) atoms. The topological polar surface area (TPSA) is 83.9 Å². The molecule has 0 aliphatic carbocycles. The highest BCUT2D eigenvalue weighted by molar-refractivity contribution is 7.21. The largest absolute Gasteiger partial charge is 0.365 e. The van der Waals surface area contributed by atoms with Gasteiger partial charge in [-0.3, -0.25) is 9.80 Å². The highest BCUT2D eigenvalue weighted by atomic mass is 32.1. The first-order chi connectivity index (χ1) is 8.09. The molecule has 1 amide bonds. The Hall–Kier alpha value is -2.02. The van der Waals surface area contributed by atoms with Gasteiger partial charge in [-0.15, -0.1) is 16.5 Å². The standard InChI is InChI=1S/C10H11N5OS/c1-15(2)14-13-7-6-4-3-5-12-10(6)17-8(7)9(11)16/h3-5H,1-2H3,(H2,11,16). The molecule has 0 saturated heterocycles. The van der Waals surface area contributed by atoms with E-state index in [1.54, 1.807) is 31.4 Å². The van der Waals surface area contributed by atoms with Gasteiger partial charge in [-0.05, 0) is 12.1 Å². The minimum absolute atomic E-state index is 0.379. The molecule has 2 heterocycles. The lowest BCUT2D eigenvalue weighted by Gasteiger charge is -2.00. The molecule has 0 bridgehead atoms. The maximum atomic E-state index is 11.3. The number of primary amides is 1. The lowest BCUT2D eigenvalue weighted by atomic mass is 10.2. The monoisotopic (exact) mass is 249 g/mol. The summed E-state index contributed by atoms with van der Waals surface area (Å²) in [5.41, 5.74) is 5.80. The van der Waals surface area contributed by atoms with Crippen molar-refractivity contribution in [1.82, 2.24) is 9.99 Å². The molecular formula is C10H11N5OS. The summed E-state index contributed by atoms with van der Waals surface area (Å²) in [6.07, 6.45) is 1.66. The van der Waals surface area contributed by atoms with E-state index in [4.69, 9.17) is 5.73 Å². The van der Waals surface area contributed by atoms with Crippen molar-refractivity contribution in [3.05, 3.63) is 23.2 Å². The fourth-order valence-electron chi connectivity index (χ4n) is 1.32. The summed E-state index contributed by atoms with van der Waals surface area (Å²) in [6, 6.07) is 3.63. The second kappa shape index (κ2) is 4.46. The third kappa shape index (κ3) is 2.23. The number of pyridine rings is 1. The van der Waals surface area contributed by atoms with Crippen LogP contribution in [-0.2, 0) is 0 Å². The molecule has 2 rings (SSSR count). The van der Waals surface area contributed by atoms with Crippen molar-refractivity contribution >= 4 is 33.1 Å². The quantitative estimate of drug-likeness (QED) is 0.666. The Bertz CT molecular complexity index is 589. The molecule has 0 saturated carbocycles. The van der Waals surface area contributed by atoms with Crippen LogP contribution in [0.5, 0.6) is 0 Å². The summed E-state index contributed by atoms with van der Waals surface area (Å²) in [6.45, 7) is 0. The maximum Gasteiger partial charge on any atom is 0.261 e. The van der Waals surface area contributed by atoms with E-state index in [2.05, 4.69) is 15.3 Å². The third-order valence-corrected chi connectivity index (χ3v) is 3.10. The third-order valence-electron chi connectivity index (χ3n) is 1.99. The lowest BCUT2D eigenvalue weighted by Crippen LogP contribution is -2.08. The van der Waals surface area contributed by atoms with Crippen LogP contribution in [0.2, 0.25) is 0 Å². The Balaban J connectivity index is 2.64. The summed E-state index contributed by atoms with van der Waals surface area (Å²) < 4.78 is 0. The molecule has 0 aliphatic rings. The predicted octanol–water partition coefficient (Wildman–Crippen LogP) is 1.96. The number of thiophene rings is 1. The Morgan fingerprint density at radius 3 is 2.94 bits per heavy atom. The van der Waals surface area contributed by atoms with Gasteiger partial charge in [0.15, 0.2) is 0 Å². The van der Waals surface area contributed by atoms with Crippen molar-refractivity contribution in [1.29, 1.82) is 0 Å².